The number of nitrogens with two attached hydrogens (primary N) is 1. The van der Waals surface area contributed by atoms with Crippen molar-refractivity contribution >= 4 is 7.37 Å². The van der Waals surface area contributed by atoms with Crippen LogP contribution in [0.1, 0.15) is 20.3 Å². The smallest absolute Gasteiger partial charge is 0.199 e. The van der Waals surface area contributed by atoms with Crippen LogP contribution in [0, 0.1) is 5.92 Å². The van der Waals surface area contributed by atoms with Crippen LogP contribution in [0.15, 0.2) is 0 Å². The molecule has 3 N–H and O–H groups in total. The Morgan fingerprint density at radius 1 is 1.31 bits per heavy atom. The molecular weight excluding hydrogens is 223 g/mol. The summed E-state index contributed by atoms with van der Waals surface area (Å²) >= 11 is 0. The van der Waals surface area contributed by atoms with E-state index in [0.29, 0.717) is 5.92 Å². The largest absolute Gasteiger partial charge is 0.344 e. The van der Waals surface area contributed by atoms with Crippen LogP contribution in [0.4, 0.5) is 0 Å². The number of likely N-dealkylation sites (N-methyl/N-ethyl adjacent to an activating group) is 1. The predicted molar refractivity (Wildman–Crippen MR) is 69.9 cm³/mol. The molecule has 0 aromatic heterocycles. The normalized spacial score (nSPS) is 20.6. The fourth-order valence-electron chi connectivity index (χ4n) is 2.06. The van der Waals surface area contributed by atoms with Gasteiger partial charge in [-0.05, 0) is 5.92 Å². The van der Waals surface area contributed by atoms with Gasteiger partial charge in [-0.2, -0.15) is 0 Å². The molecule has 0 aliphatic carbocycles. The van der Waals surface area contributed by atoms with E-state index in [0.717, 1.165) is 10.9 Å². The molecule has 98 valence electrons. The maximum atomic E-state index is 11.4. The third-order valence-electron chi connectivity index (χ3n) is 2.75. The Kier molecular flexibility index (Phi) is 5.67. The van der Waals surface area contributed by atoms with Crippen LogP contribution in [-0.2, 0) is 4.57 Å². The summed E-state index contributed by atoms with van der Waals surface area (Å²) in [5.41, 5.74) is 6.09. The highest BCUT2D eigenvalue weighted by atomic mass is 31.2. The van der Waals surface area contributed by atoms with Gasteiger partial charge in [0.15, 0.2) is 7.37 Å². The van der Waals surface area contributed by atoms with Gasteiger partial charge >= 0.3 is 0 Å². The van der Waals surface area contributed by atoms with E-state index in [-0.39, 0.29) is 18.2 Å². The lowest BCUT2D eigenvalue weighted by Gasteiger charge is -2.39. The Morgan fingerprint density at radius 3 is 2.00 bits per heavy atom. The average molecular weight is 251 g/mol. The zero-order valence-corrected chi connectivity index (χ0v) is 12.4. The van der Waals surface area contributed by atoms with Gasteiger partial charge in [-0.3, -0.25) is 4.57 Å². The first-order valence-corrected chi connectivity index (χ1v) is 8.08. The molecule has 0 fully saturated rings. The molecule has 0 heterocycles. The fraction of sp³-hybridized carbons (Fsp3) is 1.00. The zero-order chi connectivity index (χ0) is 13.1. The first kappa shape index (κ1) is 16.1. The van der Waals surface area contributed by atoms with Gasteiger partial charge in [-0.25, -0.2) is 0 Å². The van der Waals surface area contributed by atoms with Gasteiger partial charge in [0, 0.05) is 19.2 Å². The Bertz CT molecular complexity index is 255. The van der Waals surface area contributed by atoms with Crippen molar-refractivity contribution in [2.24, 2.45) is 11.7 Å². The Labute approximate surface area is 99.9 Å². The molecule has 5 heteroatoms. The number of hydrogen-bond acceptors (Lipinski definition) is 2. The molecule has 2 unspecified atom stereocenters. The quantitative estimate of drug-likeness (QED) is 0.553. The molecule has 0 aromatic carbocycles. The highest BCUT2D eigenvalue weighted by Gasteiger charge is 2.33. The van der Waals surface area contributed by atoms with Gasteiger partial charge in [-0.15, -0.1) is 0 Å². The zero-order valence-electron chi connectivity index (χ0n) is 11.5. The summed E-state index contributed by atoms with van der Waals surface area (Å²) in [6, 6.07) is 0.00339. The van der Waals surface area contributed by atoms with Crippen LogP contribution in [0.3, 0.4) is 0 Å². The molecule has 4 nitrogen and oxygen atoms in total. The summed E-state index contributed by atoms with van der Waals surface area (Å²) in [6.07, 6.45) is 1.19. The predicted octanol–water partition coefficient (Wildman–Crippen LogP) is 1.33. The molecule has 0 saturated heterocycles. The number of nitrogens with zero attached hydrogens (tertiary/aromatic N) is 1. The molecule has 3 atom stereocenters. The summed E-state index contributed by atoms with van der Waals surface area (Å²) < 4.78 is 12.1. The Morgan fingerprint density at radius 2 is 1.75 bits per heavy atom. The van der Waals surface area contributed by atoms with Gasteiger partial charge in [-0.1, -0.05) is 13.8 Å². The van der Waals surface area contributed by atoms with Gasteiger partial charge < -0.3 is 15.1 Å². The third-order valence-corrected chi connectivity index (χ3v) is 3.85. The molecule has 0 rings (SSSR count). The van der Waals surface area contributed by atoms with E-state index in [9.17, 15) is 9.46 Å². The van der Waals surface area contributed by atoms with E-state index in [2.05, 4.69) is 35.0 Å². The first-order valence-electron chi connectivity index (χ1n) is 5.79. The summed E-state index contributed by atoms with van der Waals surface area (Å²) in [6.45, 7) is 5.69. The molecule has 16 heavy (non-hydrogen) atoms. The van der Waals surface area contributed by atoms with E-state index in [1.54, 1.807) is 0 Å². The minimum atomic E-state index is -3.02. The fourth-order valence-corrected chi connectivity index (χ4v) is 3.09. The number of rotatable bonds is 6. The van der Waals surface area contributed by atoms with E-state index in [1.165, 1.54) is 6.66 Å². The van der Waals surface area contributed by atoms with Crippen molar-refractivity contribution < 1.29 is 13.9 Å². The molecule has 0 bridgehead atoms. The highest BCUT2D eigenvalue weighted by molar-refractivity contribution is 7.57. The van der Waals surface area contributed by atoms with Crippen molar-refractivity contribution in [1.82, 2.24) is 0 Å². The van der Waals surface area contributed by atoms with E-state index < -0.39 is 7.37 Å². The lowest BCUT2D eigenvalue weighted by molar-refractivity contribution is -0.897. The minimum absolute atomic E-state index is 0.208. The average Bonchev–Trinajstić information content (AvgIpc) is 1.93. The van der Waals surface area contributed by atoms with Crippen LogP contribution >= 0.6 is 7.37 Å². The second-order valence-corrected chi connectivity index (χ2v) is 8.68. The van der Waals surface area contributed by atoms with Gasteiger partial charge in [0.2, 0.25) is 0 Å². The van der Waals surface area contributed by atoms with Crippen molar-refractivity contribution in [3.8, 4) is 0 Å². The number of quaternary nitrogens is 1. The van der Waals surface area contributed by atoms with Crippen molar-refractivity contribution in [3.05, 3.63) is 0 Å². The third kappa shape index (κ3) is 6.64. The van der Waals surface area contributed by atoms with Crippen LogP contribution in [0.25, 0.3) is 0 Å². The Balaban J connectivity index is 4.70. The van der Waals surface area contributed by atoms with Crippen LogP contribution in [0.5, 0.6) is 0 Å². The molecule has 0 aliphatic rings. The topological polar surface area (TPSA) is 63.3 Å². The lowest BCUT2D eigenvalue weighted by atomic mass is 9.96. The van der Waals surface area contributed by atoms with Gasteiger partial charge in [0.25, 0.3) is 0 Å². The molecule has 0 aliphatic heterocycles. The second-order valence-electron chi connectivity index (χ2n) is 6.21. The standard InChI is InChI=1S/C11H27N2O2P/c1-9(2)7-11(13(3,4)5)10(12)8-16(6,14)15/h9-11H,7-8,12H2,1-6H3/p+1/t10-,11?/m1/s1. The first-order chi connectivity index (χ1) is 6.93. The lowest BCUT2D eigenvalue weighted by Crippen LogP contribution is -2.56. The Hall–Kier alpha value is 0.110. The second kappa shape index (κ2) is 5.63. The van der Waals surface area contributed by atoms with E-state index in [1.807, 2.05) is 0 Å². The molecule has 0 aromatic rings. The van der Waals surface area contributed by atoms with Crippen LogP contribution in [-0.4, -0.2) is 55.4 Å². The highest BCUT2D eigenvalue weighted by Crippen LogP contribution is 2.37. The van der Waals surface area contributed by atoms with Crippen molar-refractivity contribution in [1.29, 1.82) is 0 Å². The van der Waals surface area contributed by atoms with E-state index >= 15 is 0 Å². The maximum Gasteiger partial charge on any atom is 0.199 e. The van der Waals surface area contributed by atoms with Crippen molar-refractivity contribution in [2.75, 3.05) is 34.0 Å². The van der Waals surface area contributed by atoms with Crippen LogP contribution < -0.4 is 5.73 Å². The summed E-state index contributed by atoms with van der Waals surface area (Å²) in [5, 5.41) is 0. The summed E-state index contributed by atoms with van der Waals surface area (Å²) in [5.74, 6) is 0.545. The van der Waals surface area contributed by atoms with Gasteiger partial charge in [0.1, 0.15) is 6.04 Å². The maximum absolute atomic E-state index is 11.4. The van der Waals surface area contributed by atoms with Crippen molar-refractivity contribution in [3.63, 3.8) is 0 Å². The summed E-state index contributed by atoms with van der Waals surface area (Å²) in [4.78, 5) is 9.41. The van der Waals surface area contributed by atoms with Gasteiger partial charge in [0.05, 0.1) is 27.2 Å². The molecule has 0 radical (unpaired) electrons. The van der Waals surface area contributed by atoms with Crippen molar-refractivity contribution in [2.45, 2.75) is 32.4 Å². The summed E-state index contributed by atoms with van der Waals surface area (Å²) in [7, 11) is 3.24. The molecule has 0 spiro atoms. The van der Waals surface area contributed by atoms with Crippen LogP contribution in [0.2, 0.25) is 0 Å². The monoisotopic (exact) mass is 251 g/mol. The molecular formula is C11H28N2O2P+. The number of hydrogen-bond donors (Lipinski definition) is 2. The van der Waals surface area contributed by atoms with E-state index in [4.69, 9.17) is 5.73 Å². The molecule has 0 saturated carbocycles. The molecule has 0 amide bonds. The minimum Gasteiger partial charge on any atom is -0.344 e. The SMILES string of the molecule is CC(C)CC([C@H](N)CP(C)(=O)O)[N+](C)(C)C.